The van der Waals surface area contributed by atoms with Crippen molar-refractivity contribution in [3.8, 4) is 0 Å². The molecule has 2 aliphatic rings. The summed E-state index contributed by atoms with van der Waals surface area (Å²) in [5.74, 6) is 0.329. The van der Waals surface area contributed by atoms with Gasteiger partial charge < -0.3 is 14.5 Å². The van der Waals surface area contributed by atoms with Gasteiger partial charge in [-0.3, -0.25) is 9.59 Å². The number of carbonyl (C=O) groups is 1. The zero-order valence-corrected chi connectivity index (χ0v) is 16.4. The first-order chi connectivity index (χ1) is 13.2. The van der Waals surface area contributed by atoms with E-state index in [9.17, 15) is 9.59 Å². The van der Waals surface area contributed by atoms with Crippen molar-refractivity contribution in [2.24, 2.45) is 5.92 Å². The zero-order valence-electron chi connectivity index (χ0n) is 15.6. The number of morpholine rings is 1. The Hall–Kier alpha value is -2.00. The number of aromatic nitrogens is 3. The molecule has 0 aromatic carbocycles. The van der Waals surface area contributed by atoms with Crippen molar-refractivity contribution >= 4 is 27.3 Å². The van der Waals surface area contributed by atoms with E-state index < -0.39 is 0 Å². The summed E-state index contributed by atoms with van der Waals surface area (Å²) in [6.45, 7) is 6.30. The van der Waals surface area contributed by atoms with Crippen LogP contribution in [0.25, 0.3) is 4.96 Å². The fourth-order valence-electron chi connectivity index (χ4n) is 3.72. The Balaban J connectivity index is 1.44. The summed E-state index contributed by atoms with van der Waals surface area (Å²) < 4.78 is 6.72. The minimum atomic E-state index is -0.122. The molecule has 0 unspecified atom stereocenters. The lowest BCUT2D eigenvalue weighted by Gasteiger charge is -2.35. The van der Waals surface area contributed by atoms with Crippen molar-refractivity contribution in [2.45, 2.75) is 32.6 Å². The molecular weight excluding hydrogens is 366 g/mol. The number of nitrogens with zero attached hydrogens (tertiary/aromatic N) is 5. The van der Waals surface area contributed by atoms with Crippen molar-refractivity contribution in [2.75, 3.05) is 44.3 Å². The van der Waals surface area contributed by atoms with E-state index in [4.69, 9.17) is 4.74 Å². The molecule has 0 spiro atoms. The summed E-state index contributed by atoms with van der Waals surface area (Å²) in [6.07, 6.45) is 3.39. The van der Waals surface area contributed by atoms with Gasteiger partial charge in [0.2, 0.25) is 16.0 Å². The van der Waals surface area contributed by atoms with Crippen molar-refractivity contribution < 1.29 is 9.53 Å². The lowest BCUT2D eigenvalue weighted by atomic mass is 9.95. The Morgan fingerprint density at radius 3 is 2.70 bits per heavy atom. The summed E-state index contributed by atoms with van der Waals surface area (Å²) >= 11 is 1.45. The fraction of sp³-hybridized carbons (Fsp3) is 0.667. The molecule has 27 heavy (non-hydrogen) atoms. The molecule has 2 aliphatic heterocycles. The summed E-state index contributed by atoms with van der Waals surface area (Å²) in [4.78, 5) is 34.2. The highest BCUT2D eigenvalue weighted by Crippen LogP contribution is 2.28. The van der Waals surface area contributed by atoms with Gasteiger partial charge >= 0.3 is 0 Å². The van der Waals surface area contributed by atoms with Crippen LogP contribution in [0.3, 0.4) is 0 Å². The highest BCUT2D eigenvalue weighted by atomic mass is 32.1. The Labute approximate surface area is 161 Å². The smallest absolute Gasteiger partial charge is 0.275 e. The van der Waals surface area contributed by atoms with E-state index in [0.29, 0.717) is 31.3 Å². The van der Waals surface area contributed by atoms with E-state index >= 15 is 0 Å². The lowest BCUT2D eigenvalue weighted by Crippen LogP contribution is -2.46. The number of ether oxygens (including phenoxy) is 1. The van der Waals surface area contributed by atoms with Crippen molar-refractivity contribution in [1.82, 2.24) is 19.5 Å². The maximum absolute atomic E-state index is 12.7. The molecular formula is C18H25N5O3S. The number of anilines is 1. The van der Waals surface area contributed by atoms with Crippen LogP contribution in [0.5, 0.6) is 0 Å². The van der Waals surface area contributed by atoms with Crippen LogP contribution in [0.15, 0.2) is 10.9 Å². The number of carbonyl (C=O) groups excluding carboxylic acids is 1. The van der Waals surface area contributed by atoms with Crippen LogP contribution in [0, 0.1) is 5.92 Å². The second kappa shape index (κ2) is 7.93. The fourth-order valence-corrected chi connectivity index (χ4v) is 4.70. The van der Waals surface area contributed by atoms with Gasteiger partial charge in [-0.25, -0.2) is 4.98 Å². The average molecular weight is 391 g/mol. The molecule has 0 bridgehead atoms. The molecule has 4 rings (SSSR count). The molecule has 8 nitrogen and oxygen atoms in total. The predicted octanol–water partition coefficient (Wildman–Crippen LogP) is 1.18. The van der Waals surface area contributed by atoms with Crippen LogP contribution in [-0.4, -0.2) is 64.8 Å². The highest BCUT2D eigenvalue weighted by molar-refractivity contribution is 7.20. The van der Waals surface area contributed by atoms with Crippen LogP contribution in [-0.2, 0) is 16.0 Å². The van der Waals surface area contributed by atoms with E-state index in [1.54, 1.807) is 6.07 Å². The molecule has 0 N–H and O–H groups in total. The molecule has 2 saturated heterocycles. The molecule has 0 saturated carbocycles. The van der Waals surface area contributed by atoms with E-state index in [1.807, 2.05) is 4.90 Å². The van der Waals surface area contributed by atoms with Crippen molar-refractivity contribution in [3.63, 3.8) is 0 Å². The maximum atomic E-state index is 12.7. The molecule has 0 aliphatic carbocycles. The number of fused-ring (bicyclic) bond motifs is 1. The molecule has 2 aromatic heterocycles. The third kappa shape index (κ3) is 3.84. The van der Waals surface area contributed by atoms with Gasteiger partial charge in [0.15, 0.2) is 0 Å². The quantitative estimate of drug-likeness (QED) is 0.779. The summed E-state index contributed by atoms with van der Waals surface area (Å²) in [5, 5.41) is 5.28. The number of amides is 1. The highest BCUT2D eigenvalue weighted by Gasteiger charge is 2.30. The molecule has 9 heteroatoms. The monoisotopic (exact) mass is 391 g/mol. The van der Waals surface area contributed by atoms with Crippen molar-refractivity contribution in [3.05, 3.63) is 22.1 Å². The summed E-state index contributed by atoms with van der Waals surface area (Å²) in [6, 6.07) is 1.58. The number of hydrogen-bond donors (Lipinski definition) is 0. The van der Waals surface area contributed by atoms with E-state index in [1.165, 1.54) is 15.9 Å². The average Bonchev–Trinajstić information content (AvgIpc) is 3.13. The van der Waals surface area contributed by atoms with Gasteiger partial charge in [-0.2, -0.15) is 4.52 Å². The number of rotatable bonds is 4. The van der Waals surface area contributed by atoms with Gasteiger partial charge in [0.1, 0.15) is 0 Å². The molecule has 0 radical (unpaired) electrons. The number of hydrogen-bond acceptors (Lipinski definition) is 7. The Morgan fingerprint density at radius 2 is 2.00 bits per heavy atom. The van der Waals surface area contributed by atoms with E-state index in [2.05, 4.69) is 21.9 Å². The molecule has 0 atom stereocenters. The first kappa shape index (κ1) is 18.4. The third-order valence-electron chi connectivity index (χ3n) is 5.23. The standard InChI is InChI=1S/C18H25N5O3S/c1-2-3-14-12-15(24)23-17(19-14)27-18(20-23)22-6-4-13(5-7-22)16(25)21-8-10-26-11-9-21/h12-13H,2-11H2,1H3. The van der Waals surface area contributed by atoms with E-state index in [-0.39, 0.29) is 17.4 Å². The van der Waals surface area contributed by atoms with Gasteiger partial charge in [0.05, 0.1) is 13.2 Å². The largest absolute Gasteiger partial charge is 0.378 e. The SMILES string of the molecule is CCCc1cc(=O)n2nc(N3CCC(C(=O)N4CCOCC4)CC3)sc2n1. The normalized spacial score (nSPS) is 19.0. The molecule has 146 valence electrons. The first-order valence-electron chi connectivity index (χ1n) is 9.67. The van der Waals surface area contributed by atoms with Crippen LogP contribution in [0.2, 0.25) is 0 Å². The maximum Gasteiger partial charge on any atom is 0.275 e. The van der Waals surface area contributed by atoms with Crippen LogP contribution in [0.1, 0.15) is 31.9 Å². The van der Waals surface area contributed by atoms with Gasteiger partial charge in [-0.1, -0.05) is 24.7 Å². The topological polar surface area (TPSA) is 80.0 Å². The molecule has 1 amide bonds. The predicted molar refractivity (Wildman–Crippen MR) is 103 cm³/mol. The third-order valence-corrected chi connectivity index (χ3v) is 6.20. The molecule has 4 heterocycles. The van der Waals surface area contributed by atoms with Crippen molar-refractivity contribution in [1.29, 1.82) is 0 Å². The summed E-state index contributed by atoms with van der Waals surface area (Å²) in [7, 11) is 0. The first-order valence-corrected chi connectivity index (χ1v) is 10.5. The minimum absolute atomic E-state index is 0.0748. The van der Waals surface area contributed by atoms with Gasteiger partial charge in [0, 0.05) is 43.9 Å². The Morgan fingerprint density at radius 1 is 1.26 bits per heavy atom. The zero-order chi connectivity index (χ0) is 18.8. The Bertz CT molecular complexity index is 865. The number of piperidine rings is 1. The van der Waals surface area contributed by atoms with Gasteiger partial charge in [-0.15, -0.1) is 5.10 Å². The van der Waals surface area contributed by atoms with Gasteiger partial charge in [-0.05, 0) is 19.3 Å². The van der Waals surface area contributed by atoms with Gasteiger partial charge in [0.25, 0.3) is 5.56 Å². The van der Waals surface area contributed by atoms with E-state index in [0.717, 1.165) is 49.6 Å². The second-order valence-electron chi connectivity index (χ2n) is 7.11. The minimum Gasteiger partial charge on any atom is -0.378 e. The lowest BCUT2D eigenvalue weighted by molar-refractivity contribution is -0.140. The van der Waals surface area contributed by atoms with Crippen LogP contribution >= 0.6 is 11.3 Å². The van der Waals surface area contributed by atoms with Crippen LogP contribution in [0.4, 0.5) is 5.13 Å². The molecule has 2 fully saturated rings. The molecule has 2 aromatic rings. The summed E-state index contributed by atoms with van der Waals surface area (Å²) in [5.41, 5.74) is 0.704. The Kier molecular flexibility index (Phi) is 5.40. The number of aryl methyl sites for hydroxylation is 1. The second-order valence-corrected chi connectivity index (χ2v) is 8.05. The van der Waals surface area contributed by atoms with Crippen LogP contribution < -0.4 is 10.5 Å².